The van der Waals surface area contributed by atoms with Crippen molar-refractivity contribution in [1.82, 2.24) is 14.8 Å². The number of carbonyl (C=O) groups is 2. The number of methoxy groups -OCH3 is 1. The van der Waals surface area contributed by atoms with E-state index in [4.69, 9.17) is 25.8 Å². The zero-order valence-corrected chi connectivity index (χ0v) is 22.0. The van der Waals surface area contributed by atoms with Crippen LogP contribution in [0.1, 0.15) is 35.6 Å². The Balaban J connectivity index is 1.12. The first-order valence-corrected chi connectivity index (χ1v) is 13.1. The molecule has 1 amide bonds. The first-order valence-electron chi connectivity index (χ1n) is 12.7. The van der Waals surface area contributed by atoms with Crippen LogP contribution in [0.25, 0.3) is 0 Å². The van der Waals surface area contributed by atoms with Crippen LogP contribution in [-0.2, 0) is 27.2 Å². The van der Waals surface area contributed by atoms with Crippen molar-refractivity contribution in [2.24, 2.45) is 0 Å². The maximum Gasteiger partial charge on any atom is 0.410 e. The molecule has 2 saturated heterocycles. The van der Waals surface area contributed by atoms with Crippen molar-refractivity contribution in [3.8, 4) is 11.6 Å². The fraction of sp³-hybridized carbons (Fsp3) is 0.345. The molecule has 38 heavy (non-hydrogen) atoms. The zero-order chi connectivity index (χ0) is 26.5. The summed E-state index contributed by atoms with van der Waals surface area (Å²) in [6.45, 7) is 2.90. The van der Waals surface area contributed by atoms with Gasteiger partial charge in [0.2, 0.25) is 5.88 Å². The average molecular weight is 536 g/mol. The van der Waals surface area contributed by atoms with Crippen LogP contribution in [0.2, 0.25) is 5.02 Å². The van der Waals surface area contributed by atoms with E-state index in [-0.39, 0.29) is 30.6 Å². The number of ether oxygens (including phenoxy) is 3. The minimum atomic E-state index is -0.277. The molecule has 0 aliphatic carbocycles. The van der Waals surface area contributed by atoms with Crippen LogP contribution in [0.4, 0.5) is 4.79 Å². The third-order valence-electron chi connectivity index (χ3n) is 7.02. The van der Waals surface area contributed by atoms with E-state index < -0.39 is 0 Å². The summed E-state index contributed by atoms with van der Waals surface area (Å²) >= 11 is 6.19. The van der Waals surface area contributed by atoms with Gasteiger partial charge in [0.05, 0.1) is 19.6 Å². The number of likely N-dealkylation sites (tertiary alicyclic amines) is 1. The predicted octanol–water partition coefficient (Wildman–Crippen LogP) is 5.40. The fourth-order valence-electron chi connectivity index (χ4n) is 5.02. The number of hydrogen-bond acceptors (Lipinski definition) is 7. The van der Waals surface area contributed by atoms with Gasteiger partial charge in [-0.15, -0.1) is 0 Å². The second-order valence-electron chi connectivity index (χ2n) is 9.57. The van der Waals surface area contributed by atoms with Crippen LogP contribution in [0.15, 0.2) is 66.9 Å². The van der Waals surface area contributed by atoms with Crippen LogP contribution in [-0.4, -0.2) is 59.7 Å². The standard InChI is InChI=1S/C29H30ClN3O5/c1-36-28(34)15-20-5-8-25(9-6-20)38-27-10-7-21(17-31-27)18-32-13-11-24(12-14-32)33-26(19-37-29(33)35)22-3-2-4-23(30)16-22/h2-10,16-17,24,26H,11-15,18-19H2,1H3. The molecule has 2 aliphatic heterocycles. The van der Waals surface area contributed by atoms with Gasteiger partial charge < -0.3 is 14.2 Å². The van der Waals surface area contributed by atoms with Gasteiger partial charge in [-0.1, -0.05) is 41.9 Å². The van der Waals surface area contributed by atoms with E-state index in [1.165, 1.54) is 7.11 Å². The molecule has 2 aliphatic rings. The number of hydrogen-bond donors (Lipinski definition) is 0. The molecule has 3 heterocycles. The molecule has 8 nitrogen and oxygen atoms in total. The Morgan fingerprint density at radius 3 is 2.53 bits per heavy atom. The highest BCUT2D eigenvalue weighted by Gasteiger charge is 2.40. The first-order chi connectivity index (χ1) is 18.5. The van der Waals surface area contributed by atoms with E-state index in [1.807, 2.05) is 71.8 Å². The van der Waals surface area contributed by atoms with E-state index >= 15 is 0 Å². The number of benzene rings is 2. The number of pyridine rings is 1. The highest BCUT2D eigenvalue weighted by Crippen LogP contribution is 2.34. The summed E-state index contributed by atoms with van der Waals surface area (Å²) < 4.78 is 16.0. The summed E-state index contributed by atoms with van der Waals surface area (Å²) in [4.78, 5) is 32.7. The lowest BCUT2D eigenvalue weighted by Crippen LogP contribution is -2.46. The van der Waals surface area contributed by atoms with Crippen LogP contribution >= 0.6 is 11.6 Å². The lowest BCUT2D eigenvalue weighted by Gasteiger charge is -2.38. The van der Waals surface area contributed by atoms with Gasteiger partial charge in [0.15, 0.2) is 0 Å². The van der Waals surface area contributed by atoms with Crippen molar-refractivity contribution in [3.05, 3.63) is 88.6 Å². The number of halogens is 1. The quantitative estimate of drug-likeness (QED) is 0.357. The first kappa shape index (κ1) is 26.0. The third kappa shape index (κ3) is 6.26. The Morgan fingerprint density at radius 1 is 1.08 bits per heavy atom. The van der Waals surface area contributed by atoms with E-state index in [2.05, 4.69) is 9.88 Å². The number of amides is 1. The summed E-state index contributed by atoms with van der Waals surface area (Å²) in [5.74, 6) is 0.880. The number of piperidine rings is 1. The molecule has 0 radical (unpaired) electrons. The van der Waals surface area contributed by atoms with Gasteiger partial charge in [-0.2, -0.15) is 0 Å². The lowest BCUT2D eigenvalue weighted by atomic mass is 9.99. The van der Waals surface area contributed by atoms with Crippen LogP contribution in [0.5, 0.6) is 11.6 Å². The number of carbonyl (C=O) groups excluding carboxylic acids is 2. The Labute approximate surface area is 227 Å². The maximum absolute atomic E-state index is 12.6. The van der Waals surface area contributed by atoms with E-state index in [0.717, 1.165) is 49.2 Å². The van der Waals surface area contributed by atoms with Crippen molar-refractivity contribution < 1.29 is 23.8 Å². The van der Waals surface area contributed by atoms with Gasteiger partial charge in [-0.3, -0.25) is 14.6 Å². The molecule has 0 bridgehead atoms. The number of aromatic nitrogens is 1. The normalized spacial score (nSPS) is 18.3. The SMILES string of the molecule is COC(=O)Cc1ccc(Oc2ccc(CN3CCC(N4C(=O)OCC4c4cccc(Cl)c4)CC3)cn2)cc1. The molecule has 0 N–H and O–H groups in total. The minimum absolute atomic E-state index is 0.0986. The molecule has 2 aromatic carbocycles. The molecule has 1 atom stereocenters. The van der Waals surface area contributed by atoms with Gasteiger partial charge in [0.1, 0.15) is 12.4 Å². The molecular formula is C29H30ClN3O5. The number of nitrogens with zero attached hydrogens (tertiary/aromatic N) is 3. The molecule has 1 unspecified atom stereocenters. The summed E-state index contributed by atoms with van der Waals surface area (Å²) in [7, 11) is 1.38. The van der Waals surface area contributed by atoms with Crippen LogP contribution in [0, 0.1) is 0 Å². The van der Waals surface area contributed by atoms with E-state index in [0.29, 0.717) is 23.3 Å². The maximum atomic E-state index is 12.6. The number of rotatable bonds is 8. The van der Waals surface area contributed by atoms with E-state index in [9.17, 15) is 9.59 Å². The van der Waals surface area contributed by atoms with Gasteiger partial charge in [0.25, 0.3) is 0 Å². The second kappa shape index (κ2) is 11.8. The summed E-state index contributed by atoms with van der Waals surface area (Å²) in [6.07, 6.45) is 3.58. The van der Waals surface area contributed by atoms with Gasteiger partial charge in [0, 0.05) is 43.0 Å². The molecule has 1 aromatic heterocycles. The topological polar surface area (TPSA) is 81.2 Å². The highest BCUT2D eigenvalue weighted by atomic mass is 35.5. The number of esters is 1. The van der Waals surface area contributed by atoms with Gasteiger partial charge in [-0.25, -0.2) is 9.78 Å². The van der Waals surface area contributed by atoms with Gasteiger partial charge >= 0.3 is 12.1 Å². The second-order valence-corrected chi connectivity index (χ2v) is 10.0. The van der Waals surface area contributed by atoms with E-state index in [1.54, 1.807) is 0 Å². The molecule has 198 valence electrons. The van der Waals surface area contributed by atoms with Crippen molar-refractivity contribution in [3.63, 3.8) is 0 Å². The minimum Gasteiger partial charge on any atom is -0.469 e. The van der Waals surface area contributed by atoms with Crippen molar-refractivity contribution in [1.29, 1.82) is 0 Å². The zero-order valence-electron chi connectivity index (χ0n) is 21.2. The lowest BCUT2D eigenvalue weighted by molar-refractivity contribution is -0.139. The summed E-state index contributed by atoms with van der Waals surface area (Å²) in [5.41, 5.74) is 2.97. The summed E-state index contributed by atoms with van der Waals surface area (Å²) in [5, 5.41) is 0.662. The average Bonchev–Trinajstić information content (AvgIpc) is 3.32. The Bertz CT molecular complexity index is 1260. The summed E-state index contributed by atoms with van der Waals surface area (Å²) in [6, 6.07) is 18.9. The molecule has 9 heteroatoms. The monoisotopic (exact) mass is 535 g/mol. The molecule has 5 rings (SSSR count). The van der Waals surface area contributed by atoms with Crippen molar-refractivity contribution in [2.75, 3.05) is 26.8 Å². The van der Waals surface area contributed by atoms with Crippen LogP contribution in [0.3, 0.4) is 0 Å². The fourth-order valence-corrected chi connectivity index (χ4v) is 5.22. The number of cyclic esters (lactones) is 1. The van der Waals surface area contributed by atoms with Crippen molar-refractivity contribution >= 4 is 23.7 Å². The van der Waals surface area contributed by atoms with Gasteiger partial charge in [-0.05, 0) is 53.8 Å². The Kier molecular flexibility index (Phi) is 8.10. The molecule has 2 fully saturated rings. The van der Waals surface area contributed by atoms with Crippen molar-refractivity contribution in [2.45, 2.75) is 37.9 Å². The molecule has 0 spiro atoms. The Hall–Kier alpha value is -3.62. The molecular weight excluding hydrogens is 506 g/mol. The largest absolute Gasteiger partial charge is 0.469 e. The predicted molar refractivity (Wildman–Crippen MR) is 142 cm³/mol. The molecule has 0 saturated carbocycles. The highest BCUT2D eigenvalue weighted by molar-refractivity contribution is 6.30. The third-order valence-corrected chi connectivity index (χ3v) is 7.26. The molecule has 3 aromatic rings. The smallest absolute Gasteiger partial charge is 0.410 e. The Morgan fingerprint density at radius 2 is 1.84 bits per heavy atom. The van der Waals surface area contributed by atoms with Crippen LogP contribution < -0.4 is 4.74 Å².